The Morgan fingerprint density at radius 3 is 2.56 bits per heavy atom. The van der Waals surface area contributed by atoms with Crippen molar-refractivity contribution in [1.82, 2.24) is 0 Å². The minimum Gasteiger partial charge on any atom is -0.387 e. The Hall–Kier alpha value is -1.31. The first-order valence-corrected chi connectivity index (χ1v) is 7.07. The molecule has 2 nitrogen and oxygen atoms in total. The molecule has 1 atom stereocenters. The number of rotatable bonds is 3. The van der Waals surface area contributed by atoms with Crippen molar-refractivity contribution in [1.29, 1.82) is 0 Å². The van der Waals surface area contributed by atoms with E-state index in [9.17, 15) is 0 Å². The number of aliphatic imine (C=N–C) groups is 1. The molecule has 0 heterocycles. The van der Waals surface area contributed by atoms with Crippen molar-refractivity contribution < 1.29 is 0 Å². The second-order valence-corrected chi connectivity index (χ2v) is 5.42. The highest BCUT2D eigenvalue weighted by atomic mass is 14.9. The van der Waals surface area contributed by atoms with Gasteiger partial charge in [0.15, 0.2) is 0 Å². The minimum atomic E-state index is 0.174. The lowest BCUT2D eigenvalue weighted by molar-refractivity contribution is 0.435. The fourth-order valence-corrected chi connectivity index (χ4v) is 2.85. The Morgan fingerprint density at radius 2 is 1.89 bits per heavy atom. The Labute approximate surface area is 110 Å². The summed E-state index contributed by atoms with van der Waals surface area (Å²) in [6, 6.07) is 8.61. The zero-order valence-electron chi connectivity index (χ0n) is 11.5. The fraction of sp³-hybridized carbons (Fsp3) is 0.562. The second kappa shape index (κ2) is 6.03. The van der Waals surface area contributed by atoms with Crippen LogP contribution in [0.25, 0.3) is 0 Å². The van der Waals surface area contributed by atoms with E-state index in [1.54, 1.807) is 0 Å². The lowest BCUT2D eigenvalue weighted by atomic mass is 9.88. The maximum absolute atomic E-state index is 6.19. The van der Waals surface area contributed by atoms with Crippen LogP contribution in [0.3, 0.4) is 0 Å². The molecule has 98 valence electrons. The molecule has 1 aromatic rings. The molecule has 0 bridgehead atoms. The van der Waals surface area contributed by atoms with Gasteiger partial charge in [0.2, 0.25) is 0 Å². The van der Waals surface area contributed by atoms with Crippen molar-refractivity contribution in [2.45, 2.75) is 52.0 Å². The van der Waals surface area contributed by atoms with E-state index in [2.05, 4.69) is 38.1 Å². The van der Waals surface area contributed by atoms with Gasteiger partial charge in [0.1, 0.15) is 0 Å². The predicted molar refractivity (Wildman–Crippen MR) is 77.8 cm³/mol. The minimum absolute atomic E-state index is 0.174. The van der Waals surface area contributed by atoms with Gasteiger partial charge in [0.05, 0.1) is 11.9 Å². The number of amidine groups is 1. The van der Waals surface area contributed by atoms with E-state index in [0.717, 1.165) is 5.84 Å². The maximum atomic E-state index is 6.19. The largest absolute Gasteiger partial charge is 0.387 e. The zero-order valence-corrected chi connectivity index (χ0v) is 11.5. The maximum Gasteiger partial charge on any atom is 0.0975 e. The second-order valence-electron chi connectivity index (χ2n) is 5.42. The van der Waals surface area contributed by atoms with Crippen LogP contribution in [-0.4, -0.2) is 5.84 Å². The summed E-state index contributed by atoms with van der Waals surface area (Å²) in [5.74, 6) is 1.38. The SMILES string of the molecule is Cc1ccccc1C(C)N=C(N)C1CCCCC1. The van der Waals surface area contributed by atoms with Crippen molar-refractivity contribution >= 4 is 5.84 Å². The lowest BCUT2D eigenvalue weighted by Gasteiger charge is -2.22. The van der Waals surface area contributed by atoms with Crippen molar-refractivity contribution in [2.24, 2.45) is 16.6 Å². The molecule has 18 heavy (non-hydrogen) atoms. The van der Waals surface area contributed by atoms with Gasteiger partial charge in [-0.05, 0) is 37.8 Å². The Morgan fingerprint density at radius 1 is 1.22 bits per heavy atom. The highest BCUT2D eigenvalue weighted by Gasteiger charge is 2.18. The summed E-state index contributed by atoms with van der Waals surface area (Å²) in [7, 11) is 0. The smallest absolute Gasteiger partial charge is 0.0975 e. The number of nitrogens with two attached hydrogens (primary N) is 1. The summed E-state index contributed by atoms with van der Waals surface area (Å²) in [6.07, 6.45) is 6.40. The third-order valence-corrected chi connectivity index (χ3v) is 4.00. The van der Waals surface area contributed by atoms with Crippen molar-refractivity contribution in [2.75, 3.05) is 0 Å². The van der Waals surface area contributed by atoms with Gasteiger partial charge in [0.25, 0.3) is 0 Å². The van der Waals surface area contributed by atoms with Crippen molar-refractivity contribution in [3.8, 4) is 0 Å². The molecule has 1 aliphatic carbocycles. The summed E-state index contributed by atoms with van der Waals surface area (Å²) < 4.78 is 0. The van der Waals surface area contributed by atoms with Crippen LogP contribution in [0, 0.1) is 12.8 Å². The number of nitrogens with zero attached hydrogens (tertiary/aromatic N) is 1. The molecular weight excluding hydrogens is 220 g/mol. The first kappa shape index (κ1) is 13.1. The van der Waals surface area contributed by atoms with E-state index < -0.39 is 0 Å². The van der Waals surface area contributed by atoms with Gasteiger partial charge >= 0.3 is 0 Å². The molecule has 1 saturated carbocycles. The molecule has 2 N–H and O–H groups in total. The van der Waals surface area contributed by atoms with E-state index in [-0.39, 0.29) is 6.04 Å². The molecule has 2 heteroatoms. The first-order chi connectivity index (χ1) is 8.68. The van der Waals surface area contributed by atoms with Gasteiger partial charge in [-0.3, -0.25) is 4.99 Å². The monoisotopic (exact) mass is 244 g/mol. The zero-order chi connectivity index (χ0) is 13.0. The summed E-state index contributed by atoms with van der Waals surface area (Å²) in [5, 5.41) is 0. The Bertz CT molecular complexity index is 417. The van der Waals surface area contributed by atoms with E-state index in [1.807, 2.05) is 0 Å². The number of benzene rings is 1. The quantitative estimate of drug-likeness (QED) is 0.633. The van der Waals surface area contributed by atoms with Crippen LogP contribution in [0.1, 0.15) is 56.2 Å². The van der Waals surface area contributed by atoms with Gasteiger partial charge in [-0.15, -0.1) is 0 Å². The Kier molecular flexibility index (Phi) is 4.40. The first-order valence-electron chi connectivity index (χ1n) is 7.07. The summed E-state index contributed by atoms with van der Waals surface area (Å²) in [5.41, 5.74) is 8.77. The van der Waals surface area contributed by atoms with Crippen LogP contribution in [0.15, 0.2) is 29.3 Å². The van der Waals surface area contributed by atoms with Crippen LogP contribution < -0.4 is 5.73 Å². The lowest BCUT2D eigenvalue weighted by Crippen LogP contribution is -2.26. The van der Waals surface area contributed by atoms with Crippen molar-refractivity contribution in [3.63, 3.8) is 0 Å². The molecule has 2 rings (SSSR count). The van der Waals surface area contributed by atoms with Crippen LogP contribution in [0.2, 0.25) is 0 Å². The summed E-state index contributed by atoms with van der Waals surface area (Å²) >= 11 is 0. The van der Waals surface area contributed by atoms with Gasteiger partial charge in [-0.1, -0.05) is 43.5 Å². The molecule has 0 spiro atoms. The normalized spacial score (nSPS) is 19.8. The van der Waals surface area contributed by atoms with E-state index in [0.29, 0.717) is 5.92 Å². The summed E-state index contributed by atoms with van der Waals surface area (Å²) in [6.45, 7) is 4.27. The molecule has 0 aliphatic heterocycles. The third-order valence-electron chi connectivity index (χ3n) is 4.00. The molecule has 1 unspecified atom stereocenters. The van der Waals surface area contributed by atoms with Gasteiger partial charge in [-0.25, -0.2) is 0 Å². The van der Waals surface area contributed by atoms with E-state index in [1.165, 1.54) is 43.2 Å². The molecule has 1 aliphatic rings. The third kappa shape index (κ3) is 3.12. The summed E-state index contributed by atoms with van der Waals surface area (Å²) in [4.78, 5) is 4.73. The molecule has 0 aromatic heterocycles. The van der Waals surface area contributed by atoms with Crippen molar-refractivity contribution in [3.05, 3.63) is 35.4 Å². The molecule has 1 fully saturated rings. The van der Waals surface area contributed by atoms with Crippen LogP contribution in [0.4, 0.5) is 0 Å². The fourth-order valence-electron chi connectivity index (χ4n) is 2.85. The molecule has 1 aromatic carbocycles. The highest BCUT2D eigenvalue weighted by Crippen LogP contribution is 2.26. The number of hydrogen-bond donors (Lipinski definition) is 1. The Balaban J connectivity index is 2.09. The molecular formula is C16H24N2. The van der Waals surface area contributed by atoms with Crippen LogP contribution in [0.5, 0.6) is 0 Å². The number of hydrogen-bond acceptors (Lipinski definition) is 1. The topological polar surface area (TPSA) is 38.4 Å². The van der Waals surface area contributed by atoms with Gasteiger partial charge in [-0.2, -0.15) is 0 Å². The van der Waals surface area contributed by atoms with Crippen LogP contribution >= 0.6 is 0 Å². The van der Waals surface area contributed by atoms with E-state index >= 15 is 0 Å². The number of aryl methyl sites for hydroxylation is 1. The van der Waals surface area contributed by atoms with Crippen LogP contribution in [-0.2, 0) is 0 Å². The van der Waals surface area contributed by atoms with Gasteiger partial charge < -0.3 is 5.73 Å². The van der Waals surface area contributed by atoms with Gasteiger partial charge in [0, 0.05) is 5.92 Å². The predicted octanol–water partition coefficient (Wildman–Crippen LogP) is 3.99. The average Bonchev–Trinajstić information content (AvgIpc) is 2.40. The molecule has 0 amide bonds. The molecule has 0 saturated heterocycles. The molecule has 0 radical (unpaired) electrons. The van der Waals surface area contributed by atoms with E-state index in [4.69, 9.17) is 10.7 Å². The standard InChI is InChI=1S/C16H24N2/c1-12-8-6-7-11-15(12)13(2)18-16(17)14-9-4-3-5-10-14/h6-8,11,13-14H,3-5,9-10H2,1-2H3,(H2,17,18). The highest BCUT2D eigenvalue weighted by molar-refractivity contribution is 5.83. The average molecular weight is 244 g/mol.